The van der Waals surface area contributed by atoms with Gasteiger partial charge < -0.3 is 0 Å². The van der Waals surface area contributed by atoms with Crippen LogP contribution in [0.25, 0.3) is 11.3 Å². The number of thioether (sulfide) groups is 1. The fourth-order valence-electron chi connectivity index (χ4n) is 2.60. The molecule has 0 N–H and O–H groups in total. The van der Waals surface area contributed by atoms with E-state index in [0.717, 1.165) is 12.2 Å². The zero-order valence-corrected chi connectivity index (χ0v) is 14.4. The van der Waals surface area contributed by atoms with E-state index in [9.17, 15) is 18.8 Å². The zero-order valence-electron chi connectivity index (χ0n) is 13.6. The molecule has 1 aliphatic rings. The van der Waals surface area contributed by atoms with E-state index < -0.39 is 18.8 Å². The number of hydrogen-bond acceptors (Lipinski definition) is 5. The van der Waals surface area contributed by atoms with E-state index in [4.69, 9.17) is 0 Å². The summed E-state index contributed by atoms with van der Waals surface area (Å²) < 4.78 is 27.8. The van der Waals surface area contributed by atoms with Gasteiger partial charge in [-0.15, -0.1) is 0 Å². The minimum Gasteiger partial charge on any atom is -0.286 e. The molecule has 3 heterocycles. The van der Waals surface area contributed by atoms with Gasteiger partial charge in [0.15, 0.2) is 5.16 Å². The first kappa shape index (κ1) is 17.5. The highest BCUT2D eigenvalue weighted by molar-refractivity contribution is 7.99. The molecule has 5 nitrogen and oxygen atoms in total. The largest absolute Gasteiger partial charge is 0.286 e. The Labute approximate surface area is 147 Å². The molecule has 0 saturated heterocycles. The topological polar surface area (TPSA) is 71.6 Å². The van der Waals surface area contributed by atoms with Crippen molar-refractivity contribution in [1.82, 2.24) is 14.5 Å². The molecule has 2 aromatic rings. The highest BCUT2D eigenvalue weighted by Crippen LogP contribution is 2.28. The highest BCUT2D eigenvalue weighted by Gasteiger charge is 2.29. The van der Waals surface area contributed by atoms with Crippen molar-refractivity contribution in [2.75, 3.05) is 19.1 Å². The second-order valence-corrected chi connectivity index (χ2v) is 7.21. The van der Waals surface area contributed by atoms with Crippen LogP contribution in [0.1, 0.15) is 24.6 Å². The lowest BCUT2D eigenvalue weighted by Crippen LogP contribution is -2.29. The zero-order chi connectivity index (χ0) is 18.0. The second kappa shape index (κ2) is 6.92. The molecule has 3 rings (SSSR count). The molecule has 0 unspecified atom stereocenters. The number of rotatable bonds is 4. The monoisotopic (exact) mass is 362 g/mol. The molecule has 25 heavy (non-hydrogen) atoms. The smallest absolute Gasteiger partial charge is 0.272 e. The normalized spacial score (nSPS) is 14.0. The molecule has 0 aromatic carbocycles. The summed E-state index contributed by atoms with van der Waals surface area (Å²) in [5.74, 6) is 0.861. The molecular weight excluding hydrogens is 346 g/mol. The molecule has 1 aliphatic heterocycles. The summed E-state index contributed by atoms with van der Waals surface area (Å²) in [6.45, 7) is 0.268. The van der Waals surface area contributed by atoms with Crippen LogP contribution >= 0.6 is 11.8 Å². The molecule has 130 valence electrons. The first-order chi connectivity index (χ1) is 12.0. The maximum Gasteiger partial charge on any atom is 0.272 e. The Morgan fingerprint density at radius 2 is 2.16 bits per heavy atom. The van der Waals surface area contributed by atoms with Crippen LogP contribution in [0.15, 0.2) is 28.3 Å². The van der Waals surface area contributed by atoms with Crippen LogP contribution in [0.2, 0.25) is 0 Å². The van der Waals surface area contributed by atoms with Gasteiger partial charge in [-0.3, -0.25) is 14.3 Å². The number of alkyl halides is 2. The number of fused-ring (bicyclic) bond motifs is 1. The van der Waals surface area contributed by atoms with Crippen molar-refractivity contribution in [3.8, 4) is 17.3 Å². The number of aromatic nitrogens is 3. The summed E-state index contributed by atoms with van der Waals surface area (Å²) in [7, 11) is 0. The third-order valence-electron chi connectivity index (χ3n) is 4.25. The van der Waals surface area contributed by atoms with Gasteiger partial charge in [-0.2, -0.15) is 5.26 Å². The van der Waals surface area contributed by atoms with Crippen LogP contribution in [0.4, 0.5) is 8.78 Å². The van der Waals surface area contributed by atoms with E-state index in [0.29, 0.717) is 17.3 Å². The van der Waals surface area contributed by atoms with Gasteiger partial charge in [0, 0.05) is 24.1 Å². The predicted octanol–water partition coefficient (Wildman–Crippen LogP) is 2.87. The van der Waals surface area contributed by atoms with E-state index in [1.165, 1.54) is 35.5 Å². The molecular formula is C17H16F2N4OS. The number of pyridine rings is 1. The van der Waals surface area contributed by atoms with Crippen molar-refractivity contribution < 1.29 is 8.78 Å². The number of nitrogens with zero attached hydrogens (tertiary/aromatic N) is 4. The molecule has 8 heteroatoms. The van der Waals surface area contributed by atoms with Crippen molar-refractivity contribution >= 4 is 11.8 Å². The molecule has 0 fully saturated rings. The average Bonchev–Trinajstić information content (AvgIpc) is 2.67. The SMILES string of the molecule is CC(CF)(CF)c1ccc(-c2nc3n(c(=O)c2C#N)CCCS3)cn1. The van der Waals surface area contributed by atoms with Crippen molar-refractivity contribution in [3.05, 3.63) is 39.9 Å². The summed E-state index contributed by atoms with van der Waals surface area (Å²) >= 11 is 1.47. The van der Waals surface area contributed by atoms with Gasteiger partial charge in [0.2, 0.25) is 0 Å². The maximum atomic E-state index is 13.1. The molecule has 0 amide bonds. The van der Waals surface area contributed by atoms with Gasteiger partial charge in [-0.1, -0.05) is 11.8 Å². The first-order valence-corrected chi connectivity index (χ1v) is 8.79. The van der Waals surface area contributed by atoms with E-state index in [2.05, 4.69) is 9.97 Å². The molecule has 0 saturated carbocycles. The number of nitriles is 1. The Morgan fingerprint density at radius 1 is 1.40 bits per heavy atom. The lowest BCUT2D eigenvalue weighted by molar-refractivity contribution is 0.253. The quantitative estimate of drug-likeness (QED) is 0.782. The predicted molar refractivity (Wildman–Crippen MR) is 91.1 cm³/mol. The van der Waals surface area contributed by atoms with Crippen LogP contribution < -0.4 is 5.56 Å². The molecule has 0 aliphatic carbocycles. The van der Waals surface area contributed by atoms with Gasteiger partial charge in [0.1, 0.15) is 25.0 Å². The van der Waals surface area contributed by atoms with Crippen LogP contribution in [-0.2, 0) is 12.0 Å². The average molecular weight is 362 g/mol. The fraction of sp³-hybridized carbons (Fsp3) is 0.412. The first-order valence-electron chi connectivity index (χ1n) is 7.80. The standard InChI is InChI=1S/C17H16F2N4OS/c1-17(9-18,10-19)13-4-3-11(8-21-13)14-12(7-20)15(24)23-5-2-6-25-16(23)22-14/h3-4,8H,2,5-6,9-10H2,1H3. The Kier molecular flexibility index (Phi) is 4.86. The molecule has 2 aromatic heterocycles. The van der Waals surface area contributed by atoms with Crippen LogP contribution in [-0.4, -0.2) is 33.6 Å². The van der Waals surface area contributed by atoms with E-state index in [1.54, 1.807) is 6.07 Å². The lowest BCUT2D eigenvalue weighted by Gasteiger charge is -2.22. The van der Waals surface area contributed by atoms with E-state index in [1.807, 2.05) is 6.07 Å². The molecule has 0 radical (unpaired) electrons. The Balaban J connectivity index is 2.10. The van der Waals surface area contributed by atoms with Crippen molar-refractivity contribution in [3.63, 3.8) is 0 Å². The minimum atomic E-state index is -1.30. The van der Waals surface area contributed by atoms with Crippen LogP contribution in [0.3, 0.4) is 0 Å². The van der Waals surface area contributed by atoms with Crippen molar-refractivity contribution in [2.45, 2.75) is 30.5 Å². The van der Waals surface area contributed by atoms with Crippen molar-refractivity contribution in [1.29, 1.82) is 5.26 Å². The Hall–Kier alpha value is -2.27. The molecule has 0 bridgehead atoms. The number of hydrogen-bond donors (Lipinski definition) is 0. The van der Waals surface area contributed by atoms with Crippen LogP contribution in [0, 0.1) is 11.3 Å². The van der Waals surface area contributed by atoms with Gasteiger partial charge in [0.05, 0.1) is 16.8 Å². The van der Waals surface area contributed by atoms with Gasteiger partial charge in [-0.25, -0.2) is 13.8 Å². The van der Waals surface area contributed by atoms with Gasteiger partial charge in [0.25, 0.3) is 5.56 Å². The Morgan fingerprint density at radius 3 is 2.76 bits per heavy atom. The third-order valence-corrected chi connectivity index (χ3v) is 5.31. The summed E-state index contributed by atoms with van der Waals surface area (Å²) in [4.78, 5) is 21.1. The summed E-state index contributed by atoms with van der Waals surface area (Å²) in [6, 6.07) is 5.04. The number of halogens is 2. The lowest BCUT2D eigenvalue weighted by atomic mass is 9.89. The minimum absolute atomic E-state index is 0.0421. The molecule has 0 spiro atoms. The van der Waals surface area contributed by atoms with E-state index >= 15 is 0 Å². The van der Waals surface area contributed by atoms with Gasteiger partial charge in [-0.05, 0) is 25.5 Å². The summed E-state index contributed by atoms with van der Waals surface area (Å²) in [6.07, 6.45) is 2.26. The highest BCUT2D eigenvalue weighted by atomic mass is 32.2. The second-order valence-electron chi connectivity index (χ2n) is 6.15. The maximum absolute atomic E-state index is 13.1. The van der Waals surface area contributed by atoms with E-state index in [-0.39, 0.29) is 22.5 Å². The van der Waals surface area contributed by atoms with Crippen molar-refractivity contribution in [2.24, 2.45) is 0 Å². The Bertz CT molecular complexity index is 885. The summed E-state index contributed by atoms with van der Waals surface area (Å²) in [5.41, 5.74) is -0.684. The summed E-state index contributed by atoms with van der Waals surface area (Å²) in [5, 5.41) is 9.97. The molecule has 0 atom stereocenters. The fourth-order valence-corrected chi connectivity index (χ4v) is 3.54. The van der Waals surface area contributed by atoms with Gasteiger partial charge >= 0.3 is 0 Å². The van der Waals surface area contributed by atoms with Crippen LogP contribution in [0.5, 0.6) is 0 Å². The third kappa shape index (κ3) is 3.04.